The molecule has 7 nitrogen and oxygen atoms in total. The first-order valence-corrected chi connectivity index (χ1v) is 8.68. The lowest BCUT2D eigenvalue weighted by molar-refractivity contribution is 0.0733. The highest BCUT2D eigenvalue weighted by Gasteiger charge is 2.23. The van der Waals surface area contributed by atoms with Crippen molar-refractivity contribution in [3.63, 3.8) is 0 Å². The third kappa shape index (κ3) is 3.72. The van der Waals surface area contributed by atoms with Crippen LogP contribution in [-0.4, -0.2) is 39.4 Å². The molecule has 1 N–H and O–H groups in total. The van der Waals surface area contributed by atoms with Gasteiger partial charge >= 0.3 is 0 Å². The first-order valence-electron chi connectivity index (χ1n) is 8.68. The monoisotopic (exact) mass is 361 g/mol. The molecule has 0 saturated heterocycles. The second-order valence-electron chi connectivity index (χ2n) is 6.24. The molecule has 7 heteroatoms. The Labute approximate surface area is 157 Å². The van der Waals surface area contributed by atoms with Gasteiger partial charge in [-0.15, -0.1) is 0 Å². The number of nitrogens with one attached hydrogen (secondary N) is 1. The summed E-state index contributed by atoms with van der Waals surface area (Å²) in [7, 11) is 1.64. The van der Waals surface area contributed by atoms with E-state index in [9.17, 15) is 4.79 Å². The Balaban J connectivity index is 1.47. The van der Waals surface area contributed by atoms with E-state index in [0.29, 0.717) is 31.0 Å². The highest BCUT2D eigenvalue weighted by atomic mass is 16.5. The fourth-order valence-corrected chi connectivity index (χ4v) is 3.03. The average molecular weight is 361 g/mol. The molecule has 0 radical (unpaired) electrons. The molecule has 0 atom stereocenters. The van der Waals surface area contributed by atoms with Gasteiger partial charge in [-0.05, 0) is 36.4 Å². The highest BCUT2D eigenvalue weighted by molar-refractivity contribution is 5.94. The summed E-state index contributed by atoms with van der Waals surface area (Å²) in [6.45, 7) is 1.13. The maximum atomic E-state index is 12.6. The van der Waals surface area contributed by atoms with Crippen molar-refractivity contribution < 1.29 is 9.53 Å². The predicted molar refractivity (Wildman–Crippen MR) is 101 cm³/mol. The highest BCUT2D eigenvalue weighted by Crippen LogP contribution is 2.22. The van der Waals surface area contributed by atoms with E-state index in [2.05, 4.69) is 20.3 Å². The van der Waals surface area contributed by atoms with Gasteiger partial charge in [-0.1, -0.05) is 0 Å². The van der Waals surface area contributed by atoms with Crippen LogP contribution in [0.4, 0.5) is 11.6 Å². The lowest BCUT2D eigenvalue weighted by Crippen LogP contribution is -2.36. The third-order valence-corrected chi connectivity index (χ3v) is 4.48. The molecule has 0 fully saturated rings. The molecule has 4 rings (SSSR count). The second kappa shape index (κ2) is 7.41. The van der Waals surface area contributed by atoms with Crippen molar-refractivity contribution in [1.82, 2.24) is 19.9 Å². The molecule has 0 bridgehead atoms. The molecule has 1 amide bonds. The van der Waals surface area contributed by atoms with Crippen molar-refractivity contribution in [3.8, 4) is 5.75 Å². The number of rotatable bonds is 4. The van der Waals surface area contributed by atoms with Crippen LogP contribution in [0.15, 0.2) is 55.0 Å². The Morgan fingerprint density at radius 3 is 2.78 bits per heavy atom. The minimum atomic E-state index is -0.0193. The van der Waals surface area contributed by atoms with E-state index in [0.717, 1.165) is 22.7 Å². The maximum absolute atomic E-state index is 12.6. The lowest BCUT2D eigenvalue weighted by atomic mass is 10.1. The number of amides is 1. The van der Waals surface area contributed by atoms with Crippen molar-refractivity contribution in [2.75, 3.05) is 19.0 Å². The number of hydrogen-bond acceptors (Lipinski definition) is 6. The number of pyridine rings is 1. The zero-order chi connectivity index (χ0) is 18.6. The molecule has 0 unspecified atom stereocenters. The van der Waals surface area contributed by atoms with E-state index < -0.39 is 0 Å². The molecular formula is C20H19N5O2. The molecule has 27 heavy (non-hydrogen) atoms. The standard InChI is InChI=1S/C20H19N5O2/c1-27-17-6-4-16(5-7-17)23-20-22-12-15-13-25(10-8-18(15)24-20)19(26)14-3-2-9-21-11-14/h2-7,9,11-12H,8,10,13H2,1H3,(H,22,23,24). The normalized spacial score (nSPS) is 13.0. The quantitative estimate of drug-likeness (QED) is 0.770. The Bertz CT molecular complexity index is 944. The molecule has 0 saturated carbocycles. The lowest BCUT2D eigenvalue weighted by Gasteiger charge is -2.28. The number of hydrogen-bond donors (Lipinski definition) is 1. The summed E-state index contributed by atoms with van der Waals surface area (Å²) in [5.41, 5.74) is 3.43. The van der Waals surface area contributed by atoms with Gasteiger partial charge in [0.05, 0.1) is 18.4 Å². The fourth-order valence-electron chi connectivity index (χ4n) is 3.03. The van der Waals surface area contributed by atoms with E-state index >= 15 is 0 Å². The molecule has 2 aromatic heterocycles. The number of nitrogens with zero attached hydrogens (tertiary/aromatic N) is 4. The number of carbonyl (C=O) groups is 1. The maximum Gasteiger partial charge on any atom is 0.255 e. The van der Waals surface area contributed by atoms with Crippen molar-refractivity contribution in [2.24, 2.45) is 0 Å². The van der Waals surface area contributed by atoms with Gasteiger partial charge in [-0.3, -0.25) is 9.78 Å². The minimum Gasteiger partial charge on any atom is -0.497 e. The van der Waals surface area contributed by atoms with Gasteiger partial charge in [0.15, 0.2) is 0 Å². The third-order valence-electron chi connectivity index (χ3n) is 4.48. The average Bonchev–Trinajstić information content (AvgIpc) is 2.74. The van der Waals surface area contributed by atoms with Crippen molar-refractivity contribution in [2.45, 2.75) is 13.0 Å². The number of anilines is 2. The summed E-state index contributed by atoms with van der Waals surface area (Å²) in [5, 5.41) is 3.20. The van der Waals surface area contributed by atoms with Crippen molar-refractivity contribution >= 4 is 17.5 Å². The summed E-state index contributed by atoms with van der Waals surface area (Å²) in [5.74, 6) is 1.32. The Morgan fingerprint density at radius 2 is 2.04 bits per heavy atom. The van der Waals surface area contributed by atoms with Crippen LogP contribution < -0.4 is 10.1 Å². The van der Waals surface area contributed by atoms with Gasteiger partial charge in [0.25, 0.3) is 5.91 Å². The fraction of sp³-hybridized carbons (Fsp3) is 0.200. The van der Waals surface area contributed by atoms with Gasteiger partial charge in [0, 0.05) is 49.4 Å². The first-order chi connectivity index (χ1) is 13.2. The molecule has 1 aromatic carbocycles. The van der Waals surface area contributed by atoms with Gasteiger partial charge < -0.3 is 15.0 Å². The summed E-state index contributed by atoms with van der Waals surface area (Å²) in [6, 6.07) is 11.1. The summed E-state index contributed by atoms with van der Waals surface area (Å²) in [6.07, 6.45) is 5.74. The number of methoxy groups -OCH3 is 1. The largest absolute Gasteiger partial charge is 0.497 e. The van der Waals surface area contributed by atoms with E-state index in [-0.39, 0.29) is 5.91 Å². The second-order valence-corrected chi connectivity index (χ2v) is 6.24. The van der Waals surface area contributed by atoms with Crippen LogP contribution in [0.3, 0.4) is 0 Å². The summed E-state index contributed by atoms with van der Waals surface area (Å²) >= 11 is 0. The first kappa shape index (κ1) is 17.0. The number of ether oxygens (including phenoxy) is 1. The van der Waals surface area contributed by atoms with Gasteiger partial charge in [0.1, 0.15) is 5.75 Å². The smallest absolute Gasteiger partial charge is 0.255 e. The molecule has 3 heterocycles. The molecule has 136 valence electrons. The van der Waals surface area contributed by atoms with Crippen LogP contribution in [0.2, 0.25) is 0 Å². The molecule has 3 aromatic rings. The molecule has 1 aliphatic heterocycles. The zero-order valence-corrected chi connectivity index (χ0v) is 14.9. The van der Waals surface area contributed by atoms with E-state index in [4.69, 9.17) is 4.74 Å². The topological polar surface area (TPSA) is 80.2 Å². The van der Waals surface area contributed by atoms with Crippen LogP contribution in [0.1, 0.15) is 21.6 Å². The van der Waals surface area contributed by atoms with Crippen LogP contribution in [-0.2, 0) is 13.0 Å². The SMILES string of the molecule is COc1ccc(Nc2ncc3c(n2)CCN(C(=O)c2cccnc2)C3)cc1. The molecule has 0 aliphatic carbocycles. The predicted octanol–water partition coefficient (Wildman–Crippen LogP) is 2.82. The van der Waals surface area contributed by atoms with Crippen LogP contribution in [0, 0.1) is 0 Å². The van der Waals surface area contributed by atoms with Gasteiger partial charge in [-0.25, -0.2) is 9.97 Å². The molecular weight excluding hydrogens is 342 g/mol. The van der Waals surface area contributed by atoms with E-state index in [1.165, 1.54) is 0 Å². The number of fused-ring (bicyclic) bond motifs is 1. The Kier molecular flexibility index (Phi) is 4.65. The Hall–Kier alpha value is -3.48. The van der Waals surface area contributed by atoms with Crippen molar-refractivity contribution in [3.05, 3.63) is 71.8 Å². The minimum absolute atomic E-state index is 0.0193. The Morgan fingerprint density at radius 1 is 1.19 bits per heavy atom. The number of aromatic nitrogens is 3. The van der Waals surface area contributed by atoms with E-state index in [1.54, 1.807) is 42.7 Å². The summed E-state index contributed by atoms with van der Waals surface area (Å²) < 4.78 is 5.16. The van der Waals surface area contributed by atoms with Crippen molar-refractivity contribution in [1.29, 1.82) is 0 Å². The van der Waals surface area contributed by atoms with Crippen LogP contribution >= 0.6 is 0 Å². The molecule has 1 aliphatic rings. The van der Waals surface area contributed by atoms with Gasteiger partial charge in [0.2, 0.25) is 5.95 Å². The van der Waals surface area contributed by atoms with Crippen LogP contribution in [0.25, 0.3) is 0 Å². The summed E-state index contributed by atoms with van der Waals surface area (Å²) in [4.78, 5) is 27.4. The number of carbonyl (C=O) groups excluding carboxylic acids is 1. The number of benzene rings is 1. The zero-order valence-electron chi connectivity index (χ0n) is 14.9. The van der Waals surface area contributed by atoms with Crippen LogP contribution in [0.5, 0.6) is 5.75 Å². The van der Waals surface area contributed by atoms with Gasteiger partial charge in [-0.2, -0.15) is 0 Å². The van der Waals surface area contributed by atoms with E-state index in [1.807, 2.05) is 24.3 Å². The molecule has 0 spiro atoms.